The quantitative estimate of drug-likeness (QED) is 0.479. The van der Waals surface area contributed by atoms with E-state index in [4.69, 9.17) is 10.5 Å². The van der Waals surface area contributed by atoms with Crippen LogP contribution in [-0.2, 0) is 19.1 Å². The number of morpholine rings is 1. The minimum atomic E-state index is -3.17. The lowest BCUT2D eigenvalue weighted by Crippen LogP contribution is -2.54. The average Bonchev–Trinajstić information content (AvgIpc) is 2.68. The van der Waals surface area contributed by atoms with Crippen LogP contribution in [0.4, 0.5) is 20.2 Å². The number of amides is 3. The molecule has 0 saturated carbocycles. The Bertz CT molecular complexity index is 840. The number of alkyl halides is 2. The molecule has 9 nitrogen and oxygen atoms in total. The second-order valence-corrected chi connectivity index (χ2v) is 8.69. The van der Waals surface area contributed by atoms with Crippen molar-refractivity contribution in [3.8, 4) is 5.75 Å². The predicted octanol–water partition coefficient (Wildman–Crippen LogP) is 2.06. The third kappa shape index (κ3) is 7.64. The van der Waals surface area contributed by atoms with Gasteiger partial charge in [-0.2, -0.15) is 8.78 Å². The Morgan fingerprint density at radius 1 is 1.21 bits per heavy atom. The van der Waals surface area contributed by atoms with Crippen molar-refractivity contribution in [2.24, 2.45) is 17.6 Å². The number of halogens is 2. The number of nitrogens with one attached hydrogen (secondary N) is 1. The molecule has 1 aliphatic rings. The molecule has 0 spiro atoms. The van der Waals surface area contributed by atoms with Crippen LogP contribution in [0.15, 0.2) is 18.2 Å². The Hall–Kier alpha value is -2.79. The minimum Gasteiger partial charge on any atom is -0.433 e. The van der Waals surface area contributed by atoms with Crippen LogP contribution in [0, 0.1) is 11.8 Å². The molecule has 1 atom stereocenters. The molecule has 33 heavy (non-hydrogen) atoms. The standard InChI is InChI=1S/C22H32F2N4O5/c1-13(2)10-27(11-14(3)4)19(20(25)30)21(31)26-16-6-5-15(9-17(16)33-22(23)24)28-7-8-32-12-18(28)29/h5-6,9,13-14,19,22H,7-8,10-12H2,1-4H3,(H2,25,30)(H,26,31)/t19-/m1/s1. The maximum atomic E-state index is 13.1. The number of rotatable bonds is 11. The molecule has 1 aromatic rings. The van der Waals surface area contributed by atoms with Gasteiger partial charge in [0.05, 0.1) is 12.3 Å². The van der Waals surface area contributed by atoms with Crippen molar-refractivity contribution in [2.45, 2.75) is 40.3 Å². The van der Waals surface area contributed by atoms with Gasteiger partial charge in [0.2, 0.25) is 5.91 Å². The molecular weight excluding hydrogens is 438 g/mol. The smallest absolute Gasteiger partial charge is 0.387 e. The summed E-state index contributed by atoms with van der Waals surface area (Å²) < 4.78 is 35.8. The molecule has 0 aromatic heterocycles. The fourth-order valence-corrected chi connectivity index (χ4v) is 3.67. The number of hydrogen-bond acceptors (Lipinski definition) is 6. The first-order valence-corrected chi connectivity index (χ1v) is 10.8. The number of nitrogens with two attached hydrogens (primary N) is 1. The lowest BCUT2D eigenvalue weighted by atomic mass is 10.1. The molecular formula is C22H32F2N4O5. The molecule has 0 unspecified atom stereocenters. The summed E-state index contributed by atoms with van der Waals surface area (Å²) in [4.78, 5) is 40.4. The van der Waals surface area contributed by atoms with E-state index in [9.17, 15) is 23.2 Å². The van der Waals surface area contributed by atoms with E-state index in [2.05, 4.69) is 10.1 Å². The number of primary amides is 1. The number of carbonyl (C=O) groups excluding carboxylic acids is 3. The molecule has 0 radical (unpaired) electrons. The molecule has 1 saturated heterocycles. The molecule has 184 valence electrons. The topological polar surface area (TPSA) is 114 Å². The highest BCUT2D eigenvalue weighted by Crippen LogP contribution is 2.32. The second-order valence-electron chi connectivity index (χ2n) is 8.69. The van der Waals surface area contributed by atoms with Crippen LogP contribution in [-0.4, -0.2) is 68.1 Å². The van der Waals surface area contributed by atoms with Gasteiger partial charge in [-0.25, -0.2) is 0 Å². The lowest BCUT2D eigenvalue weighted by Gasteiger charge is -2.31. The average molecular weight is 471 g/mol. The summed E-state index contributed by atoms with van der Waals surface area (Å²) in [5.74, 6) is -1.95. The number of carbonyl (C=O) groups is 3. The fraction of sp³-hybridized carbons (Fsp3) is 0.591. The van der Waals surface area contributed by atoms with Gasteiger partial charge in [0, 0.05) is 31.4 Å². The van der Waals surface area contributed by atoms with Gasteiger partial charge in [0.15, 0.2) is 11.8 Å². The first-order chi connectivity index (χ1) is 15.5. The molecule has 0 aliphatic carbocycles. The van der Waals surface area contributed by atoms with Crippen molar-refractivity contribution in [1.29, 1.82) is 0 Å². The van der Waals surface area contributed by atoms with Crippen LogP contribution in [0.25, 0.3) is 0 Å². The summed E-state index contributed by atoms with van der Waals surface area (Å²) in [7, 11) is 0. The third-order valence-corrected chi connectivity index (χ3v) is 4.82. The van der Waals surface area contributed by atoms with Crippen molar-refractivity contribution in [3.05, 3.63) is 18.2 Å². The SMILES string of the molecule is CC(C)CN(CC(C)C)[C@H](C(N)=O)C(=O)Nc1ccc(N2CCOCC2=O)cc1OC(F)F. The van der Waals surface area contributed by atoms with Crippen LogP contribution in [0.1, 0.15) is 27.7 Å². The molecule has 2 rings (SSSR count). The van der Waals surface area contributed by atoms with Crippen molar-refractivity contribution < 1.29 is 32.6 Å². The van der Waals surface area contributed by atoms with Gasteiger partial charge in [-0.05, 0) is 24.0 Å². The lowest BCUT2D eigenvalue weighted by molar-refractivity contribution is -0.133. The van der Waals surface area contributed by atoms with Gasteiger partial charge in [0.1, 0.15) is 6.61 Å². The van der Waals surface area contributed by atoms with Crippen LogP contribution in [0.3, 0.4) is 0 Å². The van der Waals surface area contributed by atoms with Crippen LogP contribution >= 0.6 is 0 Å². The van der Waals surface area contributed by atoms with Gasteiger partial charge >= 0.3 is 6.61 Å². The largest absolute Gasteiger partial charge is 0.433 e. The summed E-state index contributed by atoms with van der Waals surface area (Å²) in [6.45, 7) is 5.95. The van der Waals surface area contributed by atoms with Gasteiger partial charge in [-0.3, -0.25) is 19.3 Å². The first-order valence-electron chi connectivity index (χ1n) is 10.8. The first kappa shape index (κ1) is 26.5. The Morgan fingerprint density at radius 2 is 1.85 bits per heavy atom. The number of nitrogens with zero attached hydrogens (tertiary/aromatic N) is 2. The highest BCUT2D eigenvalue weighted by atomic mass is 19.3. The second kappa shape index (κ2) is 11.9. The Labute approximate surface area is 192 Å². The molecule has 1 fully saturated rings. The van der Waals surface area contributed by atoms with E-state index < -0.39 is 24.5 Å². The van der Waals surface area contributed by atoms with Gasteiger partial charge in [-0.15, -0.1) is 0 Å². The van der Waals surface area contributed by atoms with Crippen molar-refractivity contribution in [2.75, 3.05) is 43.1 Å². The molecule has 1 heterocycles. The summed E-state index contributed by atoms with van der Waals surface area (Å²) >= 11 is 0. The summed E-state index contributed by atoms with van der Waals surface area (Å²) in [6, 6.07) is 2.79. The van der Waals surface area contributed by atoms with E-state index in [-0.39, 0.29) is 42.3 Å². The third-order valence-electron chi connectivity index (χ3n) is 4.82. The van der Waals surface area contributed by atoms with E-state index in [0.717, 1.165) is 0 Å². The van der Waals surface area contributed by atoms with Crippen molar-refractivity contribution >= 4 is 29.1 Å². The zero-order valence-electron chi connectivity index (χ0n) is 19.3. The fourth-order valence-electron chi connectivity index (χ4n) is 3.67. The van der Waals surface area contributed by atoms with E-state index in [0.29, 0.717) is 25.4 Å². The molecule has 0 bridgehead atoms. The molecule has 1 aromatic carbocycles. The van der Waals surface area contributed by atoms with Crippen molar-refractivity contribution in [1.82, 2.24) is 4.90 Å². The highest BCUT2D eigenvalue weighted by molar-refractivity contribution is 6.10. The Morgan fingerprint density at radius 3 is 2.36 bits per heavy atom. The predicted molar refractivity (Wildman–Crippen MR) is 119 cm³/mol. The van der Waals surface area contributed by atoms with E-state index >= 15 is 0 Å². The number of benzene rings is 1. The maximum Gasteiger partial charge on any atom is 0.387 e. The summed E-state index contributed by atoms with van der Waals surface area (Å²) in [5.41, 5.74) is 5.81. The monoisotopic (exact) mass is 470 g/mol. The molecule has 3 N–H and O–H groups in total. The normalized spacial score (nSPS) is 15.5. The van der Waals surface area contributed by atoms with E-state index in [1.165, 1.54) is 23.1 Å². The Kier molecular flexibility index (Phi) is 9.54. The van der Waals surface area contributed by atoms with Gasteiger partial charge < -0.3 is 25.4 Å². The summed E-state index contributed by atoms with van der Waals surface area (Å²) in [5, 5.41) is 2.50. The molecule has 3 amide bonds. The van der Waals surface area contributed by atoms with E-state index in [1.54, 1.807) is 4.90 Å². The van der Waals surface area contributed by atoms with Crippen molar-refractivity contribution in [3.63, 3.8) is 0 Å². The zero-order chi connectivity index (χ0) is 24.7. The van der Waals surface area contributed by atoms with Crippen LogP contribution in [0.5, 0.6) is 5.75 Å². The number of anilines is 2. The zero-order valence-corrected chi connectivity index (χ0v) is 19.3. The maximum absolute atomic E-state index is 13.1. The summed E-state index contributed by atoms with van der Waals surface area (Å²) in [6.07, 6.45) is 0. The molecule has 1 aliphatic heterocycles. The highest BCUT2D eigenvalue weighted by Gasteiger charge is 2.33. The van der Waals surface area contributed by atoms with Gasteiger partial charge in [-0.1, -0.05) is 27.7 Å². The number of ether oxygens (including phenoxy) is 2. The number of hydrogen-bond donors (Lipinski definition) is 2. The van der Waals surface area contributed by atoms with Gasteiger partial charge in [0.25, 0.3) is 11.8 Å². The van der Waals surface area contributed by atoms with Crippen LogP contribution < -0.4 is 20.7 Å². The van der Waals surface area contributed by atoms with E-state index in [1.807, 2.05) is 27.7 Å². The molecule has 11 heteroatoms. The minimum absolute atomic E-state index is 0.0648. The Balaban J connectivity index is 2.33. The van der Waals surface area contributed by atoms with Crippen LogP contribution in [0.2, 0.25) is 0 Å².